The van der Waals surface area contributed by atoms with Crippen molar-refractivity contribution < 1.29 is 23.1 Å². The Bertz CT molecular complexity index is 874. The molecule has 1 aromatic heterocycles. The van der Waals surface area contributed by atoms with Gasteiger partial charge in [0.2, 0.25) is 0 Å². The molecule has 0 aliphatic rings. The van der Waals surface area contributed by atoms with Crippen LogP contribution in [-0.4, -0.2) is 13.0 Å². The van der Waals surface area contributed by atoms with E-state index >= 15 is 0 Å². The highest BCUT2D eigenvalue weighted by Gasteiger charge is 2.11. The maximum Gasteiger partial charge on any atom is 0.287 e. The summed E-state index contributed by atoms with van der Waals surface area (Å²) in [5.41, 5.74) is 0.920. The minimum atomic E-state index is -0.328. The summed E-state index contributed by atoms with van der Waals surface area (Å²) >= 11 is 0. The second-order valence-electron chi connectivity index (χ2n) is 5.54. The fraction of sp³-hybridized carbons (Fsp3) is 0.150. The maximum atomic E-state index is 12.9. The van der Waals surface area contributed by atoms with E-state index < -0.39 is 0 Å². The molecule has 26 heavy (non-hydrogen) atoms. The Morgan fingerprint density at radius 1 is 1.08 bits per heavy atom. The SMILES string of the molecule is COc1cccc(CNC(=O)c2ccc(COc3ccc(F)cc3)o2)c1. The van der Waals surface area contributed by atoms with E-state index in [2.05, 4.69) is 5.32 Å². The van der Waals surface area contributed by atoms with Gasteiger partial charge in [0.15, 0.2) is 5.76 Å². The highest BCUT2D eigenvalue weighted by atomic mass is 19.1. The molecule has 0 spiro atoms. The monoisotopic (exact) mass is 355 g/mol. The molecule has 1 N–H and O–H groups in total. The first-order valence-electron chi connectivity index (χ1n) is 8.02. The van der Waals surface area contributed by atoms with Gasteiger partial charge in [-0.1, -0.05) is 12.1 Å². The Balaban J connectivity index is 1.53. The lowest BCUT2D eigenvalue weighted by Gasteiger charge is -2.06. The molecule has 0 aliphatic carbocycles. The maximum absolute atomic E-state index is 12.9. The number of ether oxygens (including phenoxy) is 2. The molecule has 0 aliphatic heterocycles. The number of benzene rings is 2. The molecule has 0 fully saturated rings. The zero-order chi connectivity index (χ0) is 18.4. The van der Waals surface area contributed by atoms with Gasteiger partial charge < -0.3 is 19.2 Å². The van der Waals surface area contributed by atoms with Gasteiger partial charge in [0, 0.05) is 6.54 Å². The average Bonchev–Trinajstić information content (AvgIpc) is 3.15. The lowest BCUT2D eigenvalue weighted by Crippen LogP contribution is -2.22. The summed E-state index contributed by atoms with van der Waals surface area (Å²) in [5, 5.41) is 2.79. The third-order valence-electron chi connectivity index (χ3n) is 3.67. The molecule has 0 saturated carbocycles. The van der Waals surface area contributed by atoms with Crippen LogP contribution in [0.1, 0.15) is 21.9 Å². The number of methoxy groups -OCH3 is 1. The van der Waals surface area contributed by atoms with Gasteiger partial charge in [0.1, 0.15) is 29.7 Å². The van der Waals surface area contributed by atoms with Crippen LogP contribution in [0.15, 0.2) is 65.1 Å². The smallest absolute Gasteiger partial charge is 0.287 e. The second-order valence-corrected chi connectivity index (χ2v) is 5.54. The number of carbonyl (C=O) groups is 1. The van der Waals surface area contributed by atoms with Crippen LogP contribution in [-0.2, 0) is 13.2 Å². The summed E-state index contributed by atoms with van der Waals surface area (Å²) in [5.74, 6) is 1.31. The Morgan fingerprint density at radius 2 is 1.88 bits per heavy atom. The van der Waals surface area contributed by atoms with Crippen LogP contribution in [0.2, 0.25) is 0 Å². The number of furan rings is 1. The van der Waals surface area contributed by atoms with Crippen molar-refractivity contribution in [2.75, 3.05) is 7.11 Å². The first-order chi connectivity index (χ1) is 12.6. The van der Waals surface area contributed by atoms with E-state index in [0.717, 1.165) is 11.3 Å². The highest BCUT2D eigenvalue weighted by molar-refractivity contribution is 5.91. The van der Waals surface area contributed by atoms with E-state index in [1.807, 2.05) is 24.3 Å². The summed E-state index contributed by atoms with van der Waals surface area (Å²) in [4.78, 5) is 12.2. The van der Waals surface area contributed by atoms with Crippen LogP contribution in [0.5, 0.6) is 11.5 Å². The highest BCUT2D eigenvalue weighted by Crippen LogP contribution is 2.16. The van der Waals surface area contributed by atoms with Gasteiger partial charge in [0.05, 0.1) is 7.11 Å². The lowest BCUT2D eigenvalue weighted by molar-refractivity contribution is 0.0919. The van der Waals surface area contributed by atoms with Crippen LogP contribution in [0.25, 0.3) is 0 Å². The van der Waals surface area contributed by atoms with Crippen molar-refractivity contribution in [1.82, 2.24) is 5.32 Å². The molecule has 0 unspecified atom stereocenters. The third-order valence-corrected chi connectivity index (χ3v) is 3.67. The number of rotatable bonds is 7. The van der Waals surface area contributed by atoms with Crippen molar-refractivity contribution in [2.45, 2.75) is 13.2 Å². The average molecular weight is 355 g/mol. The number of hydrogen-bond donors (Lipinski definition) is 1. The molecule has 1 amide bonds. The molecule has 6 heteroatoms. The number of nitrogens with one attached hydrogen (secondary N) is 1. The quantitative estimate of drug-likeness (QED) is 0.697. The first-order valence-corrected chi connectivity index (χ1v) is 8.02. The Kier molecular flexibility index (Phi) is 5.53. The molecule has 1 heterocycles. The molecule has 0 radical (unpaired) electrons. The fourth-order valence-electron chi connectivity index (χ4n) is 2.31. The number of hydrogen-bond acceptors (Lipinski definition) is 4. The molecular weight excluding hydrogens is 337 g/mol. The zero-order valence-electron chi connectivity index (χ0n) is 14.2. The summed E-state index contributed by atoms with van der Waals surface area (Å²) in [6, 6.07) is 16.4. The predicted octanol–water partition coefficient (Wildman–Crippen LogP) is 3.94. The minimum absolute atomic E-state index is 0.148. The first kappa shape index (κ1) is 17.5. The molecule has 134 valence electrons. The largest absolute Gasteiger partial charge is 0.497 e. The molecular formula is C20H18FNO4. The van der Waals surface area contributed by atoms with E-state index in [9.17, 15) is 9.18 Å². The molecule has 2 aromatic carbocycles. The zero-order valence-corrected chi connectivity index (χ0v) is 14.2. The fourth-order valence-corrected chi connectivity index (χ4v) is 2.31. The molecule has 3 aromatic rings. The minimum Gasteiger partial charge on any atom is -0.497 e. The van der Waals surface area contributed by atoms with Crippen molar-refractivity contribution in [3.05, 3.63) is 83.6 Å². The van der Waals surface area contributed by atoms with Gasteiger partial charge in [0.25, 0.3) is 5.91 Å². The number of carbonyl (C=O) groups excluding carboxylic acids is 1. The summed E-state index contributed by atoms with van der Waals surface area (Å²) < 4.78 is 29.0. The van der Waals surface area contributed by atoms with E-state index in [0.29, 0.717) is 18.1 Å². The summed E-state index contributed by atoms with van der Waals surface area (Å²) in [7, 11) is 1.59. The molecule has 0 bridgehead atoms. The molecule has 3 rings (SSSR count). The number of halogens is 1. The predicted molar refractivity (Wildman–Crippen MR) is 93.6 cm³/mol. The molecule has 5 nitrogen and oxygen atoms in total. The Labute approximate surface area is 150 Å². The third kappa shape index (κ3) is 4.63. The van der Waals surface area contributed by atoms with Gasteiger partial charge >= 0.3 is 0 Å². The Hall–Kier alpha value is -3.28. The topological polar surface area (TPSA) is 60.7 Å². The van der Waals surface area contributed by atoms with Crippen LogP contribution >= 0.6 is 0 Å². The van der Waals surface area contributed by atoms with Gasteiger partial charge in [-0.05, 0) is 54.1 Å². The van der Waals surface area contributed by atoms with Crippen molar-refractivity contribution >= 4 is 5.91 Å². The Morgan fingerprint density at radius 3 is 2.65 bits per heavy atom. The normalized spacial score (nSPS) is 10.4. The van der Waals surface area contributed by atoms with Crippen molar-refractivity contribution in [2.24, 2.45) is 0 Å². The molecule has 0 atom stereocenters. The number of amides is 1. The standard InChI is InChI=1S/C20H18FNO4/c1-24-17-4-2-3-14(11-17)12-22-20(23)19-10-9-18(26-19)13-25-16-7-5-15(21)6-8-16/h2-11H,12-13H2,1H3,(H,22,23). The second kappa shape index (κ2) is 8.20. The summed E-state index contributed by atoms with van der Waals surface area (Å²) in [6.07, 6.45) is 0. The van der Waals surface area contributed by atoms with Crippen molar-refractivity contribution in [3.8, 4) is 11.5 Å². The van der Waals surface area contributed by atoms with Crippen LogP contribution in [0.4, 0.5) is 4.39 Å². The van der Waals surface area contributed by atoms with E-state index in [4.69, 9.17) is 13.9 Å². The van der Waals surface area contributed by atoms with Gasteiger partial charge in [-0.2, -0.15) is 0 Å². The van der Waals surface area contributed by atoms with E-state index in [1.54, 1.807) is 19.2 Å². The summed E-state index contributed by atoms with van der Waals surface area (Å²) in [6.45, 7) is 0.507. The van der Waals surface area contributed by atoms with Gasteiger partial charge in [-0.25, -0.2) is 4.39 Å². The van der Waals surface area contributed by atoms with Gasteiger partial charge in [-0.3, -0.25) is 4.79 Å². The van der Waals surface area contributed by atoms with Crippen LogP contribution in [0.3, 0.4) is 0 Å². The lowest BCUT2D eigenvalue weighted by atomic mass is 10.2. The van der Waals surface area contributed by atoms with E-state index in [1.165, 1.54) is 24.3 Å². The molecule has 0 saturated heterocycles. The van der Waals surface area contributed by atoms with Crippen LogP contribution in [0, 0.1) is 5.82 Å². The van der Waals surface area contributed by atoms with Gasteiger partial charge in [-0.15, -0.1) is 0 Å². The van der Waals surface area contributed by atoms with Crippen molar-refractivity contribution in [1.29, 1.82) is 0 Å². The van der Waals surface area contributed by atoms with Crippen LogP contribution < -0.4 is 14.8 Å². The van der Waals surface area contributed by atoms with E-state index in [-0.39, 0.29) is 24.1 Å². The van der Waals surface area contributed by atoms with Crippen molar-refractivity contribution in [3.63, 3.8) is 0 Å².